The molecule has 2 aliphatic heterocycles. The lowest BCUT2D eigenvalue weighted by Crippen LogP contribution is -2.65. The number of carbonyl (C=O) groups excluding carboxylic acids is 3. The lowest BCUT2D eigenvalue weighted by Gasteiger charge is -2.48. The summed E-state index contributed by atoms with van der Waals surface area (Å²) in [6, 6.07) is 3.10. The standard InChI is InChI=1S/C26H37F2N3O5/c1-15(2)16-11-20(35-23(16)33)18(29-24(34)36-25(3,4)5)12-30-13-21(32)31(14-26(30,6)7)19-10-8-9-17(27)22(19)28/h8-10,15-16,18,20H,11-14H2,1-7H3,(H,29,34)/t16-,18-,20-/m0/s1. The van der Waals surface area contributed by atoms with Crippen molar-refractivity contribution in [1.82, 2.24) is 10.2 Å². The number of hydrogen-bond acceptors (Lipinski definition) is 6. The van der Waals surface area contributed by atoms with Crippen LogP contribution in [0.5, 0.6) is 0 Å². The first-order valence-corrected chi connectivity index (χ1v) is 12.3. The molecule has 0 unspecified atom stereocenters. The summed E-state index contributed by atoms with van der Waals surface area (Å²) in [5.74, 6) is -3.03. The highest BCUT2D eigenvalue weighted by molar-refractivity contribution is 5.96. The molecule has 0 saturated carbocycles. The maximum Gasteiger partial charge on any atom is 0.408 e. The van der Waals surface area contributed by atoms with Gasteiger partial charge in [-0.2, -0.15) is 0 Å². The SMILES string of the molecule is CC(C)[C@@H]1C[C@@H]([C@H](CN2CC(=O)N(c3cccc(F)c3F)CC2(C)C)NC(=O)OC(C)(C)C)OC1=O. The fourth-order valence-electron chi connectivity index (χ4n) is 4.64. The van der Waals surface area contributed by atoms with E-state index in [4.69, 9.17) is 9.47 Å². The van der Waals surface area contributed by atoms with Crippen LogP contribution in [0.3, 0.4) is 0 Å². The molecule has 2 aliphatic rings. The molecule has 1 N–H and O–H groups in total. The Kier molecular flexibility index (Phi) is 7.98. The van der Waals surface area contributed by atoms with Gasteiger partial charge in [0.05, 0.1) is 24.2 Å². The molecule has 1 aromatic rings. The number of benzene rings is 1. The number of ether oxygens (including phenoxy) is 2. The number of nitrogens with one attached hydrogen (secondary N) is 1. The van der Waals surface area contributed by atoms with E-state index in [1.54, 1.807) is 20.8 Å². The summed E-state index contributed by atoms with van der Waals surface area (Å²) >= 11 is 0. The molecule has 2 fully saturated rings. The lowest BCUT2D eigenvalue weighted by molar-refractivity contribution is -0.146. The van der Waals surface area contributed by atoms with Gasteiger partial charge in [-0.25, -0.2) is 13.6 Å². The molecule has 2 saturated heterocycles. The Morgan fingerprint density at radius 1 is 1.25 bits per heavy atom. The minimum Gasteiger partial charge on any atom is -0.460 e. The number of amides is 2. The Hall–Kier alpha value is -2.75. The van der Waals surface area contributed by atoms with Gasteiger partial charge < -0.3 is 19.7 Å². The highest BCUT2D eigenvalue weighted by Crippen LogP contribution is 2.33. The average molecular weight is 510 g/mol. The summed E-state index contributed by atoms with van der Waals surface area (Å²) in [6.07, 6.45) is -0.817. The van der Waals surface area contributed by atoms with Crippen LogP contribution in [0.25, 0.3) is 0 Å². The average Bonchev–Trinajstić information content (AvgIpc) is 3.13. The van der Waals surface area contributed by atoms with Gasteiger partial charge in [0.1, 0.15) is 11.7 Å². The number of halogens is 2. The molecule has 0 radical (unpaired) electrons. The van der Waals surface area contributed by atoms with Gasteiger partial charge in [-0.05, 0) is 59.1 Å². The number of cyclic esters (lactones) is 1. The maximum atomic E-state index is 14.4. The van der Waals surface area contributed by atoms with E-state index < -0.39 is 46.9 Å². The van der Waals surface area contributed by atoms with Gasteiger partial charge in [-0.1, -0.05) is 19.9 Å². The minimum atomic E-state index is -1.07. The van der Waals surface area contributed by atoms with E-state index in [0.29, 0.717) is 6.42 Å². The first-order chi connectivity index (χ1) is 16.6. The molecule has 10 heteroatoms. The van der Waals surface area contributed by atoms with Crippen molar-refractivity contribution in [2.45, 2.75) is 78.2 Å². The Morgan fingerprint density at radius 2 is 1.92 bits per heavy atom. The van der Waals surface area contributed by atoms with Crippen molar-refractivity contribution in [3.63, 3.8) is 0 Å². The van der Waals surface area contributed by atoms with Crippen molar-refractivity contribution in [1.29, 1.82) is 0 Å². The van der Waals surface area contributed by atoms with Crippen molar-refractivity contribution in [2.75, 3.05) is 24.5 Å². The Bertz CT molecular complexity index is 1010. The highest BCUT2D eigenvalue weighted by Gasteiger charge is 2.45. The second-order valence-electron chi connectivity index (χ2n) is 11.6. The van der Waals surface area contributed by atoms with Crippen LogP contribution in [0.4, 0.5) is 19.3 Å². The summed E-state index contributed by atoms with van der Waals surface area (Å²) in [5.41, 5.74) is -1.50. The fraction of sp³-hybridized carbons (Fsp3) is 0.654. The van der Waals surface area contributed by atoms with Gasteiger partial charge in [0.2, 0.25) is 5.91 Å². The topological polar surface area (TPSA) is 88.2 Å². The number of carbonyl (C=O) groups is 3. The molecule has 3 rings (SSSR count). The molecule has 0 bridgehead atoms. The van der Waals surface area contributed by atoms with Crippen molar-refractivity contribution >= 4 is 23.7 Å². The van der Waals surface area contributed by atoms with Gasteiger partial charge in [0.15, 0.2) is 11.6 Å². The lowest BCUT2D eigenvalue weighted by atomic mass is 9.90. The van der Waals surface area contributed by atoms with Gasteiger partial charge in [-0.3, -0.25) is 14.5 Å². The molecule has 8 nitrogen and oxygen atoms in total. The van der Waals surface area contributed by atoms with Crippen LogP contribution in [-0.4, -0.2) is 65.8 Å². The predicted octanol–water partition coefficient (Wildman–Crippen LogP) is 3.87. The molecule has 3 atom stereocenters. The molecular weight excluding hydrogens is 472 g/mol. The fourth-order valence-corrected chi connectivity index (χ4v) is 4.64. The van der Waals surface area contributed by atoms with Crippen molar-refractivity contribution < 1.29 is 32.6 Å². The Balaban J connectivity index is 1.82. The molecule has 0 aliphatic carbocycles. The van der Waals surface area contributed by atoms with Gasteiger partial charge in [0, 0.05) is 18.6 Å². The number of anilines is 1. The molecule has 1 aromatic carbocycles. The molecule has 0 spiro atoms. The van der Waals surface area contributed by atoms with E-state index in [0.717, 1.165) is 6.07 Å². The van der Waals surface area contributed by atoms with Crippen LogP contribution >= 0.6 is 0 Å². The van der Waals surface area contributed by atoms with E-state index in [2.05, 4.69) is 5.32 Å². The molecular formula is C26H37F2N3O5. The van der Waals surface area contributed by atoms with E-state index in [1.165, 1.54) is 17.0 Å². The highest BCUT2D eigenvalue weighted by atomic mass is 19.2. The molecule has 0 aromatic heterocycles. The van der Waals surface area contributed by atoms with Crippen LogP contribution in [0, 0.1) is 23.5 Å². The van der Waals surface area contributed by atoms with E-state index in [9.17, 15) is 23.2 Å². The largest absolute Gasteiger partial charge is 0.460 e. The van der Waals surface area contributed by atoms with Crippen molar-refractivity contribution in [3.8, 4) is 0 Å². The number of esters is 1. The smallest absolute Gasteiger partial charge is 0.408 e. The zero-order chi connectivity index (χ0) is 27.0. The third-order valence-electron chi connectivity index (χ3n) is 6.68. The monoisotopic (exact) mass is 509 g/mol. The molecule has 2 heterocycles. The van der Waals surface area contributed by atoms with Gasteiger partial charge >= 0.3 is 12.1 Å². The summed E-state index contributed by atoms with van der Waals surface area (Å²) in [4.78, 5) is 41.3. The third-order valence-corrected chi connectivity index (χ3v) is 6.68. The number of rotatable bonds is 6. The minimum absolute atomic E-state index is 0.0763. The first kappa shape index (κ1) is 27.8. The van der Waals surface area contributed by atoms with Crippen molar-refractivity contribution in [3.05, 3.63) is 29.8 Å². The third kappa shape index (κ3) is 6.32. The zero-order valence-electron chi connectivity index (χ0n) is 22.1. The quantitative estimate of drug-likeness (QED) is 0.586. The van der Waals surface area contributed by atoms with Crippen LogP contribution in [0.1, 0.15) is 54.9 Å². The summed E-state index contributed by atoms with van der Waals surface area (Å²) < 4.78 is 39.4. The molecule has 200 valence electrons. The van der Waals surface area contributed by atoms with Gasteiger partial charge in [0.25, 0.3) is 0 Å². The number of hydrogen-bond donors (Lipinski definition) is 1. The summed E-state index contributed by atoms with van der Waals surface area (Å²) in [7, 11) is 0. The predicted molar refractivity (Wildman–Crippen MR) is 130 cm³/mol. The van der Waals surface area contributed by atoms with Crippen LogP contribution in [-0.2, 0) is 19.1 Å². The number of alkyl carbamates (subject to hydrolysis) is 1. The Morgan fingerprint density at radius 3 is 2.50 bits per heavy atom. The Labute approximate surface area is 211 Å². The van der Waals surface area contributed by atoms with Crippen LogP contribution in [0.15, 0.2) is 18.2 Å². The maximum absolute atomic E-state index is 14.4. The first-order valence-electron chi connectivity index (χ1n) is 12.3. The van der Waals surface area contributed by atoms with Crippen molar-refractivity contribution in [2.24, 2.45) is 11.8 Å². The second kappa shape index (κ2) is 10.3. The van der Waals surface area contributed by atoms with E-state index >= 15 is 0 Å². The van der Waals surface area contributed by atoms with E-state index in [-0.39, 0.29) is 43.1 Å². The molecule has 36 heavy (non-hydrogen) atoms. The summed E-state index contributed by atoms with van der Waals surface area (Å²) in [6.45, 7) is 13.1. The zero-order valence-corrected chi connectivity index (χ0v) is 22.1. The normalized spacial score (nSPS) is 23.6. The van der Waals surface area contributed by atoms with Gasteiger partial charge in [-0.15, -0.1) is 0 Å². The number of piperazine rings is 1. The number of nitrogens with zero attached hydrogens (tertiary/aromatic N) is 2. The second-order valence-corrected chi connectivity index (χ2v) is 11.6. The van der Waals surface area contributed by atoms with E-state index in [1.807, 2.05) is 32.6 Å². The van der Waals surface area contributed by atoms with Crippen LogP contribution in [0.2, 0.25) is 0 Å². The molecule has 2 amide bonds. The summed E-state index contributed by atoms with van der Waals surface area (Å²) in [5, 5.41) is 2.84. The van der Waals surface area contributed by atoms with Crippen LogP contribution < -0.4 is 10.2 Å².